The standard InChI is InChI=1S/C18H17F3N4O/c1-26-12-6-4-11(5-7-12)15-9-16(18(19,20)21)25-17(24-15)13(10-23-25)14-3-2-8-22-14/h4-7,9-10,14,22H,2-3,8H2,1H3. The topological polar surface area (TPSA) is 51.5 Å². The molecular formula is C18H17F3N4O. The number of hydrogen-bond donors (Lipinski definition) is 1. The van der Waals surface area contributed by atoms with Crippen LogP contribution in [0.25, 0.3) is 16.9 Å². The number of hydrogen-bond acceptors (Lipinski definition) is 4. The summed E-state index contributed by atoms with van der Waals surface area (Å²) in [4.78, 5) is 4.50. The van der Waals surface area contributed by atoms with Crippen LogP contribution in [0.3, 0.4) is 0 Å². The van der Waals surface area contributed by atoms with Crippen molar-refractivity contribution in [3.63, 3.8) is 0 Å². The van der Waals surface area contributed by atoms with Gasteiger partial charge < -0.3 is 10.1 Å². The zero-order chi connectivity index (χ0) is 18.3. The monoisotopic (exact) mass is 362 g/mol. The molecule has 5 nitrogen and oxygen atoms in total. The average Bonchev–Trinajstić information content (AvgIpc) is 3.29. The molecule has 1 saturated heterocycles. The molecule has 8 heteroatoms. The third-order valence-corrected chi connectivity index (χ3v) is 4.61. The van der Waals surface area contributed by atoms with Crippen LogP contribution in [0.4, 0.5) is 13.2 Å². The Morgan fingerprint density at radius 1 is 1.23 bits per heavy atom. The van der Waals surface area contributed by atoms with E-state index in [1.54, 1.807) is 24.3 Å². The van der Waals surface area contributed by atoms with Crippen molar-refractivity contribution in [3.05, 3.63) is 47.8 Å². The first-order valence-electron chi connectivity index (χ1n) is 8.31. The highest BCUT2D eigenvalue weighted by atomic mass is 19.4. The minimum Gasteiger partial charge on any atom is -0.497 e. The van der Waals surface area contributed by atoms with Crippen molar-refractivity contribution < 1.29 is 17.9 Å². The first kappa shape index (κ1) is 16.8. The van der Waals surface area contributed by atoms with E-state index in [9.17, 15) is 13.2 Å². The van der Waals surface area contributed by atoms with Gasteiger partial charge in [-0.1, -0.05) is 0 Å². The van der Waals surface area contributed by atoms with E-state index in [4.69, 9.17) is 4.74 Å². The molecule has 3 heterocycles. The second-order valence-corrected chi connectivity index (χ2v) is 6.24. The van der Waals surface area contributed by atoms with Crippen LogP contribution in [0, 0.1) is 0 Å². The Hall–Kier alpha value is -2.61. The van der Waals surface area contributed by atoms with Crippen LogP contribution >= 0.6 is 0 Å². The number of alkyl halides is 3. The second-order valence-electron chi connectivity index (χ2n) is 6.24. The van der Waals surface area contributed by atoms with Crippen molar-refractivity contribution >= 4 is 5.65 Å². The molecule has 26 heavy (non-hydrogen) atoms. The second kappa shape index (κ2) is 6.28. The summed E-state index contributed by atoms with van der Waals surface area (Å²) in [5.74, 6) is 0.631. The molecule has 0 spiro atoms. The Bertz CT molecular complexity index is 928. The zero-order valence-corrected chi connectivity index (χ0v) is 14.0. The van der Waals surface area contributed by atoms with E-state index in [1.165, 1.54) is 13.3 Å². The molecule has 3 aromatic rings. The molecule has 0 amide bonds. The number of benzene rings is 1. The molecule has 1 aliphatic rings. The van der Waals surface area contributed by atoms with Crippen molar-refractivity contribution in [3.8, 4) is 17.0 Å². The van der Waals surface area contributed by atoms with Gasteiger partial charge in [-0.05, 0) is 49.7 Å². The highest BCUT2D eigenvalue weighted by Crippen LogP contribution is 2.35. The number of nitrogens with one attached hydrogen (secondary N) is 1. The van der Waals surface area contributed by atoms with E-state index < -0.39 is 11.9 Å². The zero-order valence-electron chi connectivity index (χ0n) is 14.0. The fraction of sp³-hybridized carbons (Fsp3) is 0.333. The van der Waals surface area contributed by atoms with Gasteiger partial charge in [0.05, 0.1) is 19.0 Å². The molecule has 0 radical (unpaired) electrons. The smallest absolute Gasteiger partial charge is 0.433 e. The minimum atomic E-state index is -4.53. The van der Waals surface area contributed by atoms with Gasteiger partial charge in [-0.15, -0.1) is 0 Å². The molecule has 1 aliphatic heterocycles. The van der Waals surface area contributed by atoms with Crippen molar-refractivity contribution in [2.24, 2.45) is 0 Å². The quantitative estimate of drug-likeness (QED) is 0.769. The van der Waals surface area contributed by atoms with Crippen LogP contribution < -0.4 is 10.1 Å². The number of halogens is 3. The summed E-state index contributed by atoms with van der Waals surface area (Å²) in [7, 11) is 1.54. The van der Waals surface area contributed by atoms with Gasteiger partial charge in [-0.25, -0.2) is 9.50 Å². The number of aromatic nitrogens is 3. The van der Waals surface area contributed by atoms with Crippen molar-refractivity contribution in [1.29, 1.82) is 0 Å². The molecule has 4 rings (SSSR count). The van der Waals surface area contributed by atoms with Crippen LogP contribution in [-0.4, -0.2) is 28.3 Å². The van der Waals surface area contributed by atoms with E-state index in [0.29, 0.717) is 16.9 Å². The van der Waals surface area contributed by atoms with Gasteiger partial charge in [0.2, 0.25) is 0 Å². The lowest BCUT2D eigenvalue weighted by atomic mass is 10.1. The molecule has 1 N–H and O–H groups in total. The Labute approximate surface area is 147 Å². The van der Waals surface area contributed by atoms with Crippen molar-refractivity contribution in [2.75, 3.05) is 13.7 Å². The van der Waals surface area contributed by atoms with Gasteiger partial charge in [0.1, 0.15) is 5.75 Å². The van der Waals surface area contributed by atoms with Gasteiger partial charge in [-0.2, -0.15) is 18.3 Å². The summed E-state index contributed by atoms with van der Waals surface area (Å²) in [6.07, 6.45) is -1.21. The molecule has 1 fully saturated rings. The van der Waals surface area contributed by atoms with E-state index in [2.05, 4.69) is 15.4 Å². The maximum Gasteiger partial charge on any atom is 0.433 e. The normalized spacial score (nSPS) is 17.8. The number of ether oxygens (including phenoxy) is 1. The Morgan fingerprint density at radius 2 is 2.00 bits per heavy atom. The summed E-state index contributed by atoms with van der Waals surface area (Å²) < 4.78 is 46.8. The highest BCUT2D eigenvalue weighted by molar-refractivity contribution is 5.65. The Morgan fingerprint density at radius 3 is 2.62 bits per heavy atom. The fourth-order valence-electron chi connectivity index (χ4n) is 3.29. The third kappa shape index (κ3) is 2.90. The molecule has 1 atom stereocenters. The Balaban J connectivity index is 1.90. The first-order chi connectivity index (χ1) is 12.5. The minimum absolute atomic E-state index is 0.0211. The maximum absolute atomic E-state index is 13.6. The Kier molecular flexibility index (Phi) is 4.07. The lowest BCUT2D eigenvalue weighted by molar-refractivity contribution is -0.142. The molecule has 1 aromatic carbocycles. The molecule has 0 bridgehead atoms. The first-order valence-corrected chi connectivity index (χ1v) is 8.31. The number of nitrogens with zero attached hydrogens (tertiary/aromatic N) is 3. The largest absolute Gasteiger partial charge is 0.497 e. The summed E-state index contributed by atoms with van der Waals surface area (Å²) >= 11 is 0. The molecule has 2 aromatic heterocycles. The van der Waals surface area contributed by atoms with Gasteiger partial charge in [0, 0.05) is 17.2 Å². The molecule has 1 unspecified atom stereocenters. The van der Waals surface area contributed by atoms with E-state index in [0.717, 1.165) is 30.0 Å². The predicted octanol–water partition coefficient (Wildman–Crippen LogP) is 3.85. The molecule has 0 aliphatic carbocycles. The summed E-state index contributed by atoms with van der Waals surface area (Å²) in [6, 6.07) is 7.80. The fourth-order valence-corrected chi connectivity index (χ4v) is 3.29. The average molecular weight is 362 g/mol. The van der Waals surface area contributed by atoms with Gasteiger partial charge in [-0.3, -0.25) is 0 Å². The number of fused-ring (bicyclic) bond motifs is 1. The van der Waals surface area contributed by atoms with Crippen molar-refractivity contribution in [2.45, 2.75) is 25.1 Å². The molecular weight excluding hydrogens is 345 g/mol. The van der Waals surface area contributed by atoms with E-state index in [-0.39, 0.29) is 17.4 Å². The third-order valence-electron chi connectivity index (χ3n) is 4.61. The summed E-state index contributed by atoms with van der Waals surface area (Å²) in [6.45, 7) is 0.840. The van der Waals surface area contributed by atoms with E-state index in [1.807, 2.05) is 0 Å². The summed E-state index contributed by atoms with van der Waals surface area (Å²) in [5.41, 5.74) is 0.948. The van der Waals surface area contributed by atoms with Gasteiger partial charge in [0.25, 0.3) is 0 Å². The SMILES string of the molecule is COc1ccc(-c2cc(C(F)(F)F)n3ncc(C4CCCN4)c3n2)cc1. The maximum atomic E-state index is 13.6. The van der Waals surface area contributed by atoms with Crippen LogP contribution in [-0.2, 0) is 6.18 Å². The number of rotatable bonds is 3. The van der Waals surface area contributed by atoms with Crippen LogP contribution in [0.1, 0.15) is 30.1 Å². The highest BCUT2D eigenvalue weighted by Gasteiger charge is 2.36. The van der Waals surface area contributed by atoms with Crippen LogP contribution in [0.2, 0.25) is 0 Å². The lowest BCUT2D eigenvalue weighted by Gasteiger charge is -2.13. The molecule has 0 saturated carbocycles. The van der Waals surface area contributed by atoms with E-state index >= 15 is 0 Å². The lowest BCUT2D eigenvalue weighted by Crippen LogP contribution is -2.15. The summed E-state index contributed by atoms with van der Waals surface area (Å²) in [5, 5.41) is 7.26. The van der Waals surface area contributed by atoms with Gasteiger partial charge >= 0.3 is 6.18 Å². The predicted molar refractivity (Wildman–Crippen MR) is 90.0 cm³/mol. The van der Waals surface area contributed by atoms with Crippen LogP contribution in [0.15, 0.2) is 36.5 Å². The van der Waals surface area contributed by atoms with Crippen molar-refractivity contribution in [1.82, 2.24) is 19.9 Å². The number of methoxy groups -OCH3 is 1. The molecule has 136 valence electrons. The van der Waals surface area contributed by atoms with Gasteiger partial charge in [0.15, 0.2) is 11.3 Å². The van der Waals surface area contributed by atoms with Crippen LogP contribution in [0.5, 0.6) is 5.75 Å².